The van der Waals surface area contributed by atoms with Crippen molar-refractivity contribution in [2.24, 2.45) is 13.0 Å². The Labute approximate surface area is 135 Å². The molecular weight excluding hydrogens is 314 g/mol. The van der Waals surface area contributed by atoms with Gasteiger partial charge in [-0.3, -0.25) is 9.48 Å². The van der Waals surface area contributed by atoms with E-state index in [4.69, 9.17) is 0 Å². The minimum Gasteiger partial charge on any atom is -0.274 e. The van der Waals surface area contributed by atoms with Crippen molar-refractivity contribution in [3.05, 3.63) is 47.7 Å². The molecule has 0 bridgehead atoms. The van der Waals surface area contributed by atoms with Gasteiger partial charge in [-0.1, -0.05) is 30.3 Å². The SMILES string of the molecule is Cc1cnn(C)c1S(=O)(=O)NC(=O)C[C@@H]1C[C@H]1c1ccccc1. The van der Waals surface area contributed by atoms with Crippen LogP contribution in [0.4, 0.5) is 0 Å². The van der Waals surface area contributed by atoms with E-state index in [0.29, 0.717) is 11.5 Å². The standard InChI is InChI=1S/C16H19N3O3S/c1-11-10-17-19(2)16(11)23(21,22)18-15(20)9-13-8-14(13)12-6-4-3-5-7-12/h3-7,10,13-14H,8-9H2,1-2H3,(H,18,20)/t13-,14-/m0/s1. The zero-order valence-corrected chi connectivity index (χ0v) is 13.9. The van der Waals surface area contributed by atoms with Crippen molar-refractivity contribution in [2.45, 2.75) is 30.7 Å². The first-order valence-electron chi connectivity index (χ1n) is 7.47. The molecule has 1 saturated carbocycles. The lowest BCUT2D eigenvalue weighted by Crippen LogP contribution is -2.32. The molecule has 1 amide bonds. The number of amides is 1. The third kappa shape index (κ3) is 3.29. The largest absolute Gasteiger partial charge is 0.281 e. The van der Waals surface area contributed by atoms with E-state index in [0.717, 1.165) is 6.42 Å². The van der Waals surface area contributed by atoms with Gasteiger partial charge < -0.3 is 0 Å². The van der Waals surface area contributed by atoms with Gasteiger partial charge in [0.2, 0.25) is 5.91 Å². The van der Waals surface area contributed by atoms with Gasteiger partial charge in [-0.25, -0.2) is 4.72 Å². The summed E-state index contributed by atoms with van der Waals surface area (Å²) in [6.45, 7) is 1.65. The fraction of sp³-hybridized carbons (Fsp3) is 0.375. The predicted molar refractivity (Wildman–Crippen MR) is 85.2 cm³/mol. The number of aryl methyl sites for hydroxylation is 2. The highest BCUT2D eigenvalue weighted by Gasteiger charge is 2.40. The topological polar surface area (TPSA) is 81.1 Å². The van der Waals surface area contributed by atoms with Crippen LogP contribution in [0.3, 0.4) is 0 Å². The van der Waals surface area contributed by atoms with Crippen LogP contribution in [0.5, 0.6) is 0 Å². The fourth-order valence-electron chi connectivity index (χ4n) is 2.98. The molecule has 2 aromatic rings. The molecule has 0 spiro atoms. The summed E-state index contributed by atoms with van der Waals surface area (Å²) in [5.74, 6) is 0.0948. The van der Waals surface area contributed by atoms with E-state index < -0.39 is 15.9 Å². The van der Waals surface area contributed by atoms with Crippen molar-refractivity contribution in [2.75, 3.05) is 0 Å². The van der Waals surface area contributed by atoms with Crippen LogP contribution < -0.4 is 4.72 Å². The zero-order chi connectivity index (χ0) is 16.6. The van der Waals surface area contributed by atoms with E-state index in [1.54, 1.807) is 14.0 Å². The van der Waals surface area contributed by atoms with Crippen LogP contribution in [0.2, 0.25) is 0 Å². The van der Waals surface area contributed by atoms with E-state index in [2.05, 4.69) is 9.82 Å². The smallest absolute Gasteiger partial charge is 0.274 e. The van der Waals surface area contributed by atoms with Crippen molar-refractivity contribution in [1.29, 1.82) is 0 Å². The number of hydrogen-bond acceptors (Lipinski definition) is 4. The second kappa shape index (κ2) is 5.81. The summed E-state index contributed by atoms with van der Waals surface area (Å²) in [4.78, 5) is 12.1. The molecule has 1 aromatic carbocycles. The normalized spacial score (nSPS) is 20.3. The minimum atomic E-state index is -3.88. The van der Waals surface area contributed by atoms with Crippen LogP contribution in [-0.4, -0.2) is 24.1 Å². The van der Waals surface area contributed by atoms with Gasteiger partial charge in [-0.05, 0) is 30.7 Å². The molecule has 1 aliphatic rings. The Morgan fingerprint density at radius 1 is 1.35 bits per heavy atom. The number of carbonyl (C=O) groups is 1. The van der Waals surface area contributed by atoms with Gasteiger partial charge in [0.1, 0.15) is 0 Å². The van der Waals surface area contributed by atoms with Crippen molar-refractivity contribution in [3.8, 4) is 0 Å². The summed E-state index contributed by atoms with van der Waals surface area (Å²) in [6, 6.07) is 9.98. The van der Waals surface area contributed by atoms with Crippen LogP contribution in [-0.2, 0) is 21.9 Å². The number of nitrogens with zero attached hydrogens (tertiary/aromatic N) is 2. The van der Waals surface area contributed by atoms with Gasteiger partial charge in [-0.2, -0.15) is 13.5 Å². The van der Waals surface area contributed by atoms with E-state index in [1.807, 2.05) is 30.3 Å². The van der Waals surface area contributed by atoms with Crippen molar-refractivity contribution < 1.29 is 13.2 Å². The molecular formula is C16H19N3O3S. The third-order valence-corrected chi connectivity index (χ3v) is 5.75. The monoisotopic (exact) mass is 333 g/mol. The number of benzene rings is 1. The number of nitrogens with one attached hydrogen (secondary N) is 1. The molecule has 122 valence electrons. The molecule has 6 nitrogen and oxygen atoms in total. The van der Waals surface area contributed by atoms with Crippen molar-refractivity contribution in [3.63, 3.8) is 0 Å². The molecule has 1 heterocycles. The number of hydrogen-bond donors (Lipinski definition) is 1. The van der Waals surface area contributed by atoms with Gasteiger partial charge in [0.25, 0.3) is 10.0 Å². The summed E-state index contributed by atoms with van der Waals surface area (Å²) in [5, 5.41) is 3.93. The third-order valence-electron chi connectivity index (χ3n) is 4.16. The maximum Gasteiger partial charge on any atom is 0.281 e. The first kappa shape index (κ1) is 15.7. The molecule has 7 heteroatoms. The maximum absolute atomic E-state index is 12.3. The first-order valence-corrected chi connectivity index (χ1v) is 8.96. The highest BCUT2D eigenvalue weighted by molar-refractivity contribution is 7.90. The van der Waals surface area contributed by atoms with Crippen molar-refractivity contribution >= 4 is 15.9 Å². The average Bonchev–Trinajstić information content (AvgIpc) is 3.15. The molecule has 0 aliphatic heterocycles. The summed E-state index contributed by atoms with van der Waals surface area (Å²) in [7, 11) is -2.34. The van der Waals surface area contributed by atoms with Gasteiger partial charge in [0.05, 0.1) is 6.20 Å². The van der Waals surface area contributed by atoms with Crippen molar-refractivity contribution in [1.82, 2.24) is 14.5 Å². The Kier molecular flexibility index (Phi) is 3.97. The Balaban J connectivity index is 1.63. The number of rotatable bonds is 5. The number of carbonyl (C=O) groups excluding carboxylic acids is 1. The number of aromatic nitrogens is 2. The Morgan fingerprint density at radius 2 is 2.04 bits per heavy atom. The van der Waals surface area contributed by atoms with E-state index in [1.165, 1.54) is 16.4 Å². The average molecular weight is 333 g/mol. The van der Waals surface area contributed by atoms with Crippen LogP contribution in [0.25, 0.3) is 0 Å². The van der Waals surface area contributed by atoms with E-state index >= 15 is 0 Å². The molecule has 1 aliphatic carbocycles. The highest BCUT2D eigenvalue weighted by Crippen LogP contribution is 2.49. The number of sulfonamides is 1. The van der Waals surface area contributed by atoms with Crippen LogP contribution >= 0.6 is 0 Å². The summed E-state index contributed by atoms with van der Waals surface area (Å²) in [5.41, 5.74) is 1.72. The highest BCUT2D eigenvalue weighted by atomic mass is 32.2. The quantitative estimate of drug-likeness (QED) is 0.903. The van der Waals surface area contributed by atoms with Crippen LogP contribution in [0.1, 0.15) is 29.9 Å². The van der Waals surface area contributed by atoms with Gasteiger partial charge in [0, 0.05) is 19.0 Å². The molecule has 0 radical (unpaired) electrons. The maximum atomic E-state index is 12.3. The molecule has 0 unspecified atom stereocenters. The Bertz CT molecular complexity index is 808. The summed E-state index contributed by atoms with van der Waals surface area (Å²) < 4.78 is 28.0. The zero-order valence-electron chi connectivity index (χ0n) is 13.1. The summed E-state index contributed by atoms with van der Waals surface area (Å²) in [6.07, 6.45) is 2.60. The molecule has 1 fully saturated rings. The van der Waals surface area contributed by atoms with E-state index in [9.17, 15) is 13.2 Å². The fourth-order valence-corrected chi connectivity index (χ4v) is 4.33. The lowest BCUT2D eigenvalue weighted by Gasteiger charge is -2.08. The van der Waals surface area contributed by atoms with Crippen LogP contribution in [0.15, 0.2) is 41.6 Å². The van der Waals surface area contributed by atoms with E-state index in [-0.39, 0.29) is 17.4 Å². The van der Waals surface area contributed by atoms with Gasteiger partial charge >= 0.3 is 0 Å². The predicted octanol–water partition coefficient (Wildman–Crippen LogP) is 1.73. The second-order valence-electron chi connectivity index (χ2n) is 6.00. The molecule has 23 heavy (non-hydrogen) atoms. The molecule has 1 N–H and O–H groups in total. The van der Waals surface area contributed by atoms with Crippen LogP contribution in [0, 0.1) is 12.8 Å². The molecule has 0 saturated heterocycles. The molecule has 2 atom stereocenters. The second-order valence-corrected chi connectivity index (χ2v) is 7.60. The van der Waals surface area contributed by atoms with Gasteiger partial charge in [0.15, 0.2) is 5.03 Å². The lowest BCUT2D eigenvalue weighted by atomic mass is 10.1. The minimum absolute atomic E-state index is 0.0289. The lowest BCUT2D eigenvalue weighted by molar-refractivity contribution is -0.119. The first-order chi connectivity index (χ1) is 10.9. The Hall–Kier alpha value is -2.15. The summed E-state index contributed by atoms with van der Waals surface area (Å²) >= 11 is 0. The Morgan fingerprint density at radius 3 is 2.65 bits per heavy atom. The molecule has 3 rings (SSSR count). The molecule has 1 aromatic heterocycles. The van der Waals surface area contributed by atoms with Gasteiger partial charge in [-0.15, -0.1) is 0 Å².